The molecule has 1 saturated heterocycles. The van der Waals surface area contributed by atoms with E-state index >= 15 is 0 Å². The molecule has 0 unspecified atom stereocenters. The van der Waals surface area contributed by atoms with Crippen LogP contribution in [0.5, 0.6) is 0 Å². The highest BCUT2D eigenvalue weighted by molar-refractivity contribution is 4.88. The van der Waals surface area contributed by atoms with E-state index in [-0.39, 0.29) is 6.61 Å². The lowest BCUT2D eigenvalue weighted by molar-refractivity contribution is -0.0730. The van der Waals surface area contributed by atoms with Gasteiger partial charge in [-0.25, -0.2) is 0 Å². The first-order valence-electron chi connectivity index (χ1n) is 9.02. The first-order valence-corrected chi connectivity index (χ1v) is 9.02. The minimum atomic E-state index is -1.05. The molecule has 0 aromatic carbocycles. The van der Waals surface area contributed by atoms with E-state index in [0.717, 1.165) is 12.8 Å². The number of aliphatic hydroxyl groups is 3. The Morgan fingerprint density at radius 3 is 2.43 bits per heavy atom. The van der Waals surface area contributed by atoms with Crippen molar-refractivity contribution in [2.24, 2.45) is 0 Å². The summed E-state index contributed by atoms with van der Waals surface area (Å²) in [4.78, 5) is 0. The maximum Gasteiger partial charge on any atom is 0.114 e. The Balaban J connectivity index is 1.93. The quantitative estimate of drug-likeness (QED) is 0.356. The zero-order valence-corrected chi connectivity index (χ0v) is 14.4. The fourth-order valence-electron chi connectivity index (χ4n) is 2.85. The van der Waals surface area contributed by atoms with Crippen molar-refractivity contribution >= 4 is 0 Å². The molecule has 1 aliphatic rings. The molecule has 0 aromatic heterocycles. The number of aliphatic hydroxyl groups excluding tert-OH is 3. The van der Waals surface area contributed by atoms with E-state index in [2.05, 4.69) is 19.1 Å². The molecule has 0 aliphatic carbocycles. The summed E-state index contributed by atoms with van der Waals surface area (Å²) in [6, 6.07) is 0. The summed E-state index contributed by atoms with van der Waals surface area (Å²) in [5.74, 6) is 0. The van der Waals surface area contributed by atoms with Crippen molar-refractivity contribution in [1.82, 2.24) is 0 Å². The molecule has 1 heterocycles. The van der Waals surface area contributed by atoms with Gasteiger partial charge in [0.25, 0.3) is 0 Å². The Bertz CT molecular complexity index is 308. The van der Waals surface area contributed by atoms with E-state index in [4.69, 9.17) is 14.6 Å². The molecule has 5 nitrogen and oxygen atoms in total. The van der Waals surface area contributed by atoms with Gasteiger partial charge in [-0.3, -0.25) is 0 Å². The molecular formula is C18H34O5. The molecule has 0 spiro atoms. The third-order valence-electron chi connectivity index (χ3n) is 4.32. The van der Waals surface area contributed by atoms with Gasteiger partial charge in [-0.05, 0) is 26.2 Å². The van der Waals surface area contributed by atoms with Crippen LogP contribution in [0, 0.1) is 0 Å². The van der Waals surface area contributed by atoms with Gasteiger partial charge in [-0.15, -0.1) is 0 Å². The summed E-state index contributed by atoms with van der Waals surface area (Å²) < 4.78 is 10.9. The average Bonchev–Trinajstić information content (AvgIpc) is 2.93. The van der Waals surface area contributed by atoms with Crippen LogP contribution in [0.4, 0.5) is 0 Å². The van der Waals surface area contributed by atoms with Crippen LogP contribution in [0.2, 0.25) is 0 Å². The van der Waals surface area contributed by atoms with Crippen LogP contribution in [0.3, 0.4) is 0 Å². The third-order valence-corrected chi connectivity index (χ3v) is 4.32. The van der Waals surface area contributed by atoms with Gasteiger partial charge in [-0.1, -0.05) is 44.3 Å². The highest BCUT2D eigenvalue weighted by Gasteiger charge is 2.40. The number of ether oxygens (including phenoxy) is 2. The maximum atomic E-state index is 9.99. The fraction of sp³-hybridized carbons (Fsp3) is 0.889. The van der Waals surface area contributed by atoms with Crippen LogP contribution in [0.15, 0.2) is 12.2 Å². The molecule has 0 bridgehead atoms. The molecular weight excluding hydrogens is 296 g/mol. The van der Waals surface area contributed by atoms with Gasteiger partial charge < -0.3 is 24.8 Å². The van der Waals surface area contributed by atoms with Gasteiger partial charge in [0.15, 0.2) is 0 Å². The van der Waals surface area contributed by atoms with Gasteiger partial charge >= 0.3 is 0 Å². The van der Waals surface area contributed by atoms with Crippen molar-refractivity contribution in [3.63, 3.8) is 0 Å². The number of allylic oxidation sites excluding steroid dienone is 2. The van der Waals surface area contributed by atoms with Crippen LogP contribution in [0.1, 0.15) is 58.3 Å². The van der Waals surface area contributed by atoms with Crippen LogP contribution in [-0.4, -0.2) is 59.6 Å². The molecule has 4 atom stereocenters. The highest BCUT2D eigenvalue weighted by Crippen LogP contribution is 2.20. The summed E-state index contributed by atoms with van der Waals surface area (Å²) in [6.07, 6.45) is 11.0. The Labute approximate surface area is 140 Å². The van der Waals surface area contributed by atoms with Crippen molar-refractivity contribution in [3.8, 4) is 0 Å². The summed E-state index contributed by atoms with van der Waals surface area (Å²) in [7, 11) is 0. The monoisotopic (exact) mass is 330 g/mol. The first-order chi connectivity index (χ1) is 11.2. The smallest absolute Gasteiger partial charge is 0.114 e. The molecule has 0 saturated carbocycles. The molecule has 0 aromatic rings. The molecule has 5 heteroatoms. The molecule has 3 N–H and O–H groups in total. The topological polar surface area (TPSA) is 79.2 Å². The van der Waals surface area contributed by atoms with Crippen molar-refractivity contribution in [1.29, 1.82) is 0 Å². The Morgan fingerprint density at radius 2 is 1.78 bits per heavy atom. The van der Waals surface area contributed by atoms with Crippen LogP contribution >= 0.6 is 0 Å². The predicted molar refractivity (Wildman–Crippen MR) is 90.3 cm³/mol. The summed E-state index contributed by atoms with van der Waals surface area (Å²) >= 11 is 0. The maximum absolute atomic E-state index is 9.99. The number of unbranched alkanes of at least 4 members (excludes halogenated alkanes) is 7. The summed E-state index contributed by atoms with van der Waals surface area (Å²) in [6.45, 7) is 2.53. The van der Waals surface area contributed by atoms with Gasteiger partial charge in [0.05, 0.1) is 13.2 Å². The summed E-state index contributed by atoms with van der Waals surface area (Å²) in [5.41, 5.74) is 0. The van der Waals surface area contributed by atoms with Crippen LogP contribution in [-0.2, 0) is 9.47 Å². The largest absolute Gasteiger partial charge is 0.394 e. The van der Waals surface area contributed by atoms with Gasteiger partial charge in [0.1, 0.15) is 24.4 Å². The Morgan fingerprint density at radius 1 is 1.13 bits per heavy atom. The van der Waals surface area contributed by atoms with E-state index in [1.807, 2.05) is 0 Å². The number of hydrogen-bond acceptors (Lipinski definition) is 5. The van der Waals surface area contributed by atoms with Crippen molar-refractivity contribution in [2.45, 2.75) is 82.7 Å². The van der Waals surface area contributed by atoms with E-state index in [0.29, 0.717) is 6.61 Å². The van der Waals surface area contributed by atoms with Crippen molar-refractivity contribution in [3.05, 3.63) is 12.2 Å². The van der Waals surface area contributed by atoms with Crippen molar-refractivity contribution < 1.29 is 24.8 Å². The molecule has 0 radical (unpaired) electrons. The molecule has 1 fully saturated rings. The zero-order valence-electron chi connectivity index (χ0n) is 14.4. The normalized spacial score (nSPS) is 26.2. The summed E-state index contributed by atoms with van der Waals surface area (Å²) in [5, 5.41) is 28.4. The van der Waals surface area contributed by atoms with Crippen molar-refractivity contribution in [2.75, 3.05) is 19.8 Å². The van der Waals surface area contributed by atoms with Crippen LogP contribution in [0.25, 0.3) is 0 Å². The van der Waals surface area contributed by atoms with E-state index in [9.17, 15) is 10.2 Å². The van der Waals surface area contributed by atoms with Crippen LogP contribution < -0.4 is 0 Å². The number of rotatable bonds is 13. The zero-order chi connectivity index (χ0) is 16.9. The second kappa shape index (κ2) is 12.9. The molecule has 0 amide bonds. The minimum Gasteiger partial charge on any atom is -0.394 e. The average molecular weight is 330 g/mol. The lowest BCUT2D eigenvalue weighted by Crippen LogP contribution is -2.41. The molecule has 1 aliphatic heterocycles. The Hall–Kier alpha value is -0.460. The second-order valence-electron chi connectivity index (χ2n) is 6.28. The highest BCUT2D eigenvalue weighted by atomic mass is 16.6. The molecule has 23 heavy (non-hydrogen) atoms. The minimum absolute atomic E-state index is 0.273. The Kier molecular flexibility index (Phi) is 11.5. The van der Waals surface area contributed by atoms with Gasteiger partial charge in [0, 0.05) is 6.61 Å². The second-order valence-corrected chi connectivity index (χ2v) is 6.28. The molecule has 1 rings (SSSR count). The number of hydrogen-bond donors (Lipinski definition) is 3. The lowest BCUT2D eigenvalue weighted by Gasteiger charge is -2.20. The predicted octanol–water partition coefficient (Wildman–Crippen LogP) is 2.18. The standard InChI is InChI=1S/C18H34O5/c1-2-3-4-5-6-7-8-9-10-11-12-22-16-14-23-18(17(16)21)15(20)13-19/h2-3,15-21H,4-14H2,1H3/b3-2+/t15-,16+,17-,18-/m1/s1. The van der Waals surface area contributed by atoms with E-state index in [1.54, 1.807) is 0 Å². The van der Waals surface area contributed by atoms with E-state index in [1.165, 1.54) is 38.5 Å². The van der Waals surface area contributed by atoms with Gasteiger partial charge in [0.2, 0.25) is 0 Å². The lowest BCUT2D eigenvalue weighted by atomic mass is 10.1. The fourth-order valence-corrected chi connectivity index (χ4v) is 2.85. The SMILES string of the molecule is C/C=C/CCCCCCCCCO[C@H]1CO[C@H]([C@H](O)CO)[C@@H]1O. The molecule has 136 valence electrons. The first kappa shape index (κ1) is 20.6. The van der Waals surface area contributed by atoms with Gasteiger partial charge in [-0.2, -0.15) is 0 Å². The third kappa shape index (κ3) is 8.27. The van der Waals surface area contributed by atoms with E-state index < -0.39 is 31.0 Å².